The highest BCUT2D eigenvalue weighted by molar-refractivity contribution is 7.99. The summed E-state index contributed by atoms with van der Waals surface area (Å²) in [7, 11) is 3.80. The van der Waals surface area contributed by atoms with Crippen molar-refractivity contribution in [3.05, 3.63) is 12.4 Å². The third-order valence-electron chi connectivity index (χ3n) is 3.36. The van der Waals surface area contributed by atoms with Crippen LogP contribution in [0.5, 0.6) is 0 Å². The van der Waals surface area contributed by atoms with E-state index >= 15 is 0 Å². The van der Waals surface area contributed by atoms with E-state index in [0.717, 1.165) is 30.2 Å². The van der Waals surface area contributed by atoms with Gasteiger partial charge in [-0.15, -0.1) is 0 Å². The molecule has 0 aliphatic heterocycles. The van der Waals surface area contributed by atoms with Crippen molar-refractivity contribution in [3.63, 3.8) is 0 Å². The molecule has 0 radical (unpaired) electrons. The topological polar surface area (TPSA) is 56.1 Å². The van der Waals surface area contributed by atoms with Gasteiger partial charge >= 0.3 is 5.97 Å². The van der Waals surface area contributed by atoms with Gasteiger partial charge in [0.15, 0.2) is 5.16 Å². The van der Waals surface area contributed by atoms with Crippen LogP contribution in [0.25, 0.3) is 0 Å². The fraction of sp³-hybridized carbons (Fsp3) is 0.714. The van der Waals surface area contributed by atoms with E-state index in [1.807, 2.05) is 31.7 Å². The first-order valence-electron chi connectivity index (χ1n) is 6.99. The highest BCUT2D eigenvalue weighted by Crippen LogP contribution is 2.20. The summed E-state index contributed by atoms with van der Waals surface area (Å²) in [4.78, 5) is 16.2. The van der Waals surface area contributed by atoms with Crippen molar-refractivity contribution in [1.82, 2.24) is 14.9 Å². The van der Waals surface area contributed by atoms with Crippen LogP contribution in [0.15, 0.2) is 17.6 Å². The molecule has 0 amide bonds. The molecule has 5 nitrogen and oxygen atoms in total. The number of aromatic nitrogens is 2. The molecule has 0 bridgehead atoms. The van der Waals surface area contributed by atoms with Gasteiger partial charge in [-0.25, -0.2) is 4.98 Å². The molecule has 0 spiro atoms. The molecule has 20 heavy (non-hydrogen) atoms. The number of imidazole rings is 1. The summed E-state index contributed by atoms with van der Waals surface area (Å²) in [6.45, 7) is 4.15. The molecule has 0 aromatic carbocycles. The lowest BCUT2D eigenvalue weighted by atomic mass is 9.95. The monoisotopic (exact) mass is 299 g/mol. The second-order valence-electron chi connectivity index (χ2n) is 4.93. The number of ether oxygens (including phenoxy) is 1. The molecule has 1 heterocycles. The number of nitrogens with one attached hydrogen (secondary N) is 1. The smallest absolute Gasteiger partial charge is 0.326 e. The molecule has 0 aliphatic rings. The van der Waals surface area contributed by atoms with E-state index in [0.29, 0.717) is 6.61 Å². The number of hydrogen-bond acceptors (Lipinski definition) is 5. The van der Waals surface area contributed by atoms with E-state index in [1.165, 1.54) is 0 Å². The second-order valence-corrected chi connectivity index (χ2v) is 5.99. The molecule has 6 heteroatoms. The standard InChI is InChI=1S/C14H25N3O2S/c1-5-19-12(18)14(2,15-3)8-6-7-11-20-13-16-9-10-17(13)4/h9-10,15H,5-8,11H2,1-4H3. The van der Waals surface area contributed by atoms with Crippen LogP contribution < -0.4 is 5.32 Å². The second kappa shape index (κ2) is 8.32. The Labute approximate surface area is 125 Å². The summed E-state index contributed by atoms with van der Waals surface area (Å²) in [6, 6.07) is 0. The number of likely N-dealkylation sites (N-methyl/N-ethyl adjacent to an activating group) is 1. The first kappa shape index (κ1) is 17.0. The number of nitrogens with zero attached hydrogens (tertiary/aromatic N) is 2. The average Bonchev–Trinajstić information content (AvgIpc) is 2.84. The number of hydrogen-bond donors (Lipinski definition) is 1. The van der Waals surface area contributed by atoms with Gasteiger partial charge in [0.2, 0.25) is 0 Å². The minimum absolute atomic E-state index is 0.167. The predicted octanol–water partition coefficient (Wildman–Crippen LogP) is 2.22. The number of carbonyl (C=O) groups is 1. The maximum atomic E-state index is 11.9. The Kier molecular flexibility index (Phi) is 7.09. The molecule has 1 aromatic rings. The summed E-state index contributed by atoms with van der Waals surface area (Å²) < 4.78 is 7.12. The molecule has 1 N–H and O–H groups in total. The molecule has 114 valence electrons. The lowest BCUT2D eigenvalue weighted by Gasteiger charge is -2.26. The van der Waals surface area contributed by atoms with Crippen LogP contribution in [0.4, 0.5) is 0 Å². The Bertz CT molecular complexity index is 422. The van der Waals surface area contributed by atoms with Crippen molar-refractivity contribution in [2.45, 2.75) is 43.8 Å². The minimum atomic E-state index is -0.579. The first-order valence-corrected chi connectivity index (χ1v) is 7.98. The van der Waals surface area contributed by atoms with Crippen molar-refractivity contribution in [1.29, 1.82) is 0 Å². The van der Waals surface area contributed by atoms with Crippen molar-refractivity contribution in [3.8, 4) is 0 Å². The summed E-state index contributed by atoms with van der Waals surface area (Å²) in [6.07, 6.45) is 6.56. The van der Waals surface area contributed by atoms with Crippen molar-refractivity contribution < 1.29 is 9.53 Å². The summed E-state index contributed by atoms with van der Waals surface area (Å²) in [5.74, 6) is 0.840. The third-order valence-corrected chi connectivity index (χ3v) is 4.50. The number of rotatable bonds is 9. The number of unbranched alkanes of at least 4 members (excludes halogenated alkanes) is 1. The molecular formula is C14H25N3O2S. The highest BCUT2D eigenvalue weighted by atomic mass is 32.2. The summed E-state index contributed by atoms with van der Waals surface area (Å²) in [5, 5.41) is 4.11. The fourth-order valence-electron chi connectivity index (χ4n) is 1.85. The van der Waals surface area contributed by atoms with E-state index in [9.17, 15) is 4.79 Å². The van der Waals surface area contributed by atoms with E-state index in [2.05, 4.69) is 10.3 Å². The molecule has 0 aliphatic carbocycles. The molecule has 1 atom stereocenters. The van der Waals surface area contributed by atoms with Gasteiger partial charge in [-0.05, 0) is 33.7 Å². The Hall–Kier alpha value is -1.01. The predicted molar refractivity (Wildman–Crippen MR) is 81.9 cm³/mol. The van der Waals surface area contributed by atoms with E-state index in [1.54, 1.807) is 25.0 Å². The van der Waals surface area contributed by atoms with Crippen LogP contribution in [-0.4, -0.2) is 40.5 Å². The van der Waals surface area contributed by atoms with Crippen molar-refractivity contribution in [2.24, 2.45) is 7.05 Å². The van der Waals surface area contributed by atoms with Gasteiger partial charge < -0.3 is 14.6 Å². The Balaban J connectivity index is 2.28. The van der Waals surface area contributed by atoms with Crippen LogP contribution in [0.1, 0.15) is 33.1 Å². The van der Waals surface area contributed by atoms with Crippen LogP contribution >= 0.6 is 11.8 Å². The van der Waals surface area contributed by atoms with Crippen LogP contribution in [0.2, 0.25) is 0 Å². The van der Waals surface area contributed by atoms with Crippen LogP contribution in [0.3, 0.4) is 0 Å². The Morgan fingerprint density at radius 2 is 2.30 bits per heavy atom. The lowest BCUT2D eigenvalue weighted by Crippen LogP contribution is -2.48. The normalized spacial score (nSPS) is 14.0. The van der Waals surface area contributed by atoms with E-state index in [4.69, 9.17) is 4.74 Å². The summed E-state index contributed by atoms with van der Waals surface area (Å²) in [5.41, 5.74) is -0.579. The van der Waals surface area contributed by atoms with E-state index < -0.39 is 5.54 Å². The molecule has 1 rings (SSSR count). The molecule has 1 unspecified atom stereocenters. The zero-order valence-corrected chi connectivity index (χ0v) is 13.6. The molecule has 1 aromatic heterocycles. The number of aryl methyl sites for hydroxylation is 1. The molecule has 0 saturated heterocycles. The number of thioether (sulfide) groups is 1. The summed E-state index contributed by atoms with van der Waals surface area (Å²) >= 11 is 1.75. The van der Waals surface area contributed by atoms with Gasteiger partial charge in [0, 0.05) is 25.2 Å². The fourth-order valence-corrected chi connectivity index (χ4v) is 2.79. The lowest BCUT2D eigenvalue weighted by molar-refractivity contribution is -0.150. The average molecular weight is 299 g/mol. The zero-order chi connectivity index (χ0) is 15.0. The van der Waals surface area contributed by atoms with Crippen molar-refractivity contribution >= 4 is 17.7 Å². The van der Waals surface area contributed by atoms with Gasteiger partial charge in [-0.1, -0.05) is 18.2 Å². The first-order chi connectivity index (χ1) is 9.53. The number of carbonyl (C=O) groups excluding carboxylic acids is 1. The van der Waals surface area contributed by atoms with Crippen LogP contribution in [0, 0.1) is 0 Å². The largest absolute Gasteiger partial charge is 0.465 e. The Morgan fingerprint density at radius 1 is 1.55 bits per heavy atom. The third kappa shape index (κ3) is 4.83. The Morgan fingerprint density at radius 3 is 2.85 bits per heavy atom. The maximum Gasteiger partial charge on any atom is 0.326 e. The van der Waals surface area contributed by atoms with Crippen molar-refractivity contribution in [2.75, 3.05) is 19.4 Å². The number of esters is 1. The van der Waals surface area contributed by atoms with Gasteiger partial charge in [0.05, 0.1) is 6.61 Å². The minimum Gasteiger partial charge on any atom is -0.465 e. The van der Waals surface area contributed by atoms with Gasteiger partial charge in [0.1, 0.15) is 5.54 Å². The SMILES string of the molecule is CCOC(=O)C(C)(CCCCSc1nccn1C)NC. The maximum absolute atomic E-state index is 11.9. The molecular weight excluding hydrogens is 274 g/mol. The highest BCUT2D eigenvalue weighted by Gasteiger charge is 2.32. The molecule has 0 fully saturated rings. The van der Waals surface area contributed by atoms with Crippen LogP contribution in [-0.2, 0) is 16.6 Å². The zero-order valence-electron chi connectivity index (χ0n) is 12.8. The quantitative estimate of drug-likeness (QED) is 0.430. The van der Waals surface area contributed by atoms with Gasteiger partial charge in [-0.2, -0.15) is 0 Å². The van der Waals surface area contributed by atoms with E-state index in [-0.39, 0.29) is 5.97 Å². The van der Waals surface area contributed by atoms with Gasteiger partial charge in [-0.3, -0.25) is 4.79 Å². The van der Waals surface area contributed by atoms with Gasteiger partial charge in [0.25, 0.3) is 0 Å². The molecule has 0 saturated carbocycles.